The molecule has 5 N–H and O–H groups in total. The van der Waals surface area contributed by atoms with Gasteiger partial charge in [-0.3, -0.25) is 4.79 Å². The second-order valence-electron chi connectivity index (χ2n) is 4.39. The fourth-order valence-electron chi connectivity index (χ4n) is 1.78. The van der Waals surface area contributed by atoms with E-state index in [1.807, 2.05) is 24.4 Å². The largest absolute Gasteiger partial charge is 0.351 e. The number of hydrogen-bond acceptors (Lipinski definition) is 4. The molecule has 0 aliphatic heterocycles. The number of benzene rings is 1. The lowest BCUT2D eigenvalue weighted by Gasteiger charge is -2.14. The Hall–Kier alpha value is -2.12. The maximum Gasteiger partial charge on any atom is 0.316 e. The van der Waals surface area contributed by atoms with Gasteiger partial charge in [0.1, 0.15) is 0 Å². The van der Waals surface area contributed by atoms with Crippen LogP contribution in [-0.2, 0) is 6.54 Å². The number of aromatic nitrogens is 1. The average Bonchev–Trinajstić information content (AvgIpc) is 2.82. The summed E-state index contributed by atoms with van der Waals surface area (Å²) in [6, 6.07) is 6.97. The molecule has 0 aliphatic rings. The molecule has 106 valence electrons. The lowest BCUT2D eigenvalue weighted by Crippen LogP contribution is -2.20. The van der Waals surface area contributed by atoms with Crippen LogP contribution in [-0.4, -0.2) is 11.0 Å². The van der Waals surface area contributed by atoms with Crippen LogP contribution in [0.15, 0.2) is 34.4 Å². The third-order valence-electron chi connectivity index (χ3n) is 2.85. The molecule has 1 unspecified atom stereocenters. The fraction of sp³-hybridized carbons (Fsp3) is 0.231. The van der Waals surface area contributed by atoms with E-state index in [0.717, 1.165) is 22.6 Å². The number of anilines is 1. The van der Waals surface area contributed by atoms with Gasteiger partial charge in [0, 0.05) is 29.3 Å². The number of aromatic amines is 1. The first-order valence-corrected chi connectivity index (χ1v) is 6.99. The van der Waals surface area contributed by atoms with Crippen molar-refractivity contribution in [3.63, 3.8) is 0 Å². The molecule has 20 heavy (non-hydrogen) atoms. The molecule has 0 fully saturated rings. The van der Waals surface area contributed by atoms with Crippen LogP contribution in [0.2, 0.25) is 0 Å². The molecule has 7 heteroatoms. The molecular formula is C13H16N4O2S. The molecule has 1 heterocycles. The summed E-state index contributed by atoms with van der Waals surface area (Å²) in [4.78, 5) is 24.4. The van der Waals surface area contributed by atoms with E-state index in [2.05, 4.69) is 15.6 Å². The molecule has 0 radical (unpaired) electrons. The van der Waals surface area contributed by atoms with Gasteiger partial charge in [-0.15, -0.1) is 0 Å². The van der Waals surface area contributed by atoms with Gasteiger partial charge >= 0.3 is 10.9 Å². The first-order chi connectivity index (χ1) is 9.54. The molecule has 0 spiro atoms. The van der Waals surface area contributed by atoms with Gasteiger partial charge < -0.3 is 21.4 Å². The number of H-pyrrole nitrogens is 1. The van der Waals surface area contributed by atoms with Gasteiger partial charge in [0.05, 0.1) is 0 Å². The molecule has 0 saturated heterocycles. The summed E-state index contributed by atoms with van der Waals surface area (Å²) in [5.74, 6) is 0. The number of amides is 2. The Balaban J connectivity index is 1.93. The highest BCUT2D eigenvalue weighted by atomic mass is 32.1. The lowest BCUT2D eigenvalue weighted by molar-refractivity contribution is 0.259. The number of hydrogen-bond donors (Lipinski definition) is 4. The first kappa shape index (κ1) is 14.3. The number of rotatable bonds is 5. The van der Waals surface area contributed by atoms with Gasteiger partial charge in [0.25, 0.3) is 0 Å². The number of nitrogens with one attached hydrogen (secondary N) is 3. The van der Waals surface area contributed by atoms with Crippen molar-refractivity contribution in [3.8, 4) is 0 Å². The van der Waals surface area contributed by atoms with E-state index in [1.165, 1.54) is 0 Å². The minimum atomic E-state index is -0.578. The Morgan fingerprint density at radius 1 is 1.40 bits per heavy atom. The monoisotopic (exact) mass is 292 g/mol. The quantitative estimate of drug-likeness (QED) is 0.675. The summed E-state index contributed by atoms with van der Waals surface area (Å²) in [5, 5.41) is 7.63. The summed E-state index contributed by atoms with van der Waals surface area (Å²) in [5.41, 5.74) is 7.66. The normalized spacial score (nSPS) is 12.1. The average molecular weight is 292 g/mol. The summed E-state index contributed by atoms with van der Waals surface area (Å²) < 4.78 is 0. The van der Waals surface area contributed by atoms with Crippen molar-refractivity contribution in [2.24, 2.45) is 5.73 Å². The van der Waals surface area contributed by atoms with Crippen molar-refractivity contribution in [1.82, 2.24) is 10.3 Å². The summed E-state index contributed by atoms with van der Waals surface area (Å²) >= 11 is 1.16. The van der Waals surface area contributed by atoms with Gasteiger partial charge in [-0.1, -0.05) is 23.5 Å². The highest BCUT2D eigenvalue weighted by molar-refractivity contribution is 7.07. The number of carbonyl (C=O) groups is 1. The summed E-state index contributed by atoms with van der Waals surface area (Å²) in [6.45, 7) is 2.63. The minimum absolute atomic E-state index is 0.0451. The second-order valence-corrected chi connectivity index (χ2v) is 5.23. The SMILES string of the molecule is CC(NCc1csc(=O)[nH]1)c1ccc(NC(N)=O)cc1. The number of thiazole rings is 1. The number of primary amides is 1. The number of urea groups is 1. The first-order valence-electron chi connectivity index (χ1n) is 6.11. The van der Waals surface area contributed by atoms with E-state index < -0.39 is 6.03 Å². The predicted molar refractivity (Wildman–Crippen MR) is 79.8 cm³/mol. The van der Waals surface area contributed by atoms with Gasteiger partial charge in [0.2, 0.25) is 0 Å². The van der Waals surface area contributed by atoms with Crippen LogP contribution < -0.4 is 21.2 Å². The van der Waals surface area contributed by atoms with E-state index in [1.54, 1.807) is 12.1 Å². The lowest BCUT2D eigenvalue weighted by atomic mass is 10.1. The highest BCUT2D eigenvalue weighted by Crippen LogP contribution is 2.16. The summed E-state index contributed by atoms with van der Waals surface area (Å²) in [7, 11) is 0. The molecule has 1 atom stereocenters. The van der Waals surface area contributed by atoms with Gasteiger partial charge in [-0.2, -0.15) is 0 Å². The zero-order valence-corrected chi connectivity index (χ0v) is 11.8. The Morgan fingerprint density at radius 3 is 2.65 bits per heavy atom. The molecule has 1 aromatic carbocycles. The van der Waals surface area contributed by atoms with Crippen LogP contribution in [0.3, 0.4) is 0 Å². The Labute approximate surface area is 120 Å². The summed E-state index contributed by atoms with van der Waals surface area (Å²) in [6.07, 6.45) is 0. The molecule has 6 nitrogen and oxygen atoms in total. The van der Waals surface area contributed by atoms with E-state index in [0.29, 0.717) is 12.2 Å². The third-order valence-corrected chi connectivity index (χ3v) is 3.57. The maximum absolute atomic E-state index is 11.0. The van der Waals surface area contributed by atoms with E-state index in [9.17, 15) is 9.59 Å². The van der Waals surface area contributed by atoms with E-state index in [4.69, 9.17) is 5.73 Å². The van der Waals surface area contributed by atoms with Crippen LogP contribution in [0.4, 0.5) is 10.5 Å². The minimum Gasteiger partial charge on any atom is -0.351 e. The molecule has 0 saturated carbocycles. The van der Waals surface area contributed by atoms with Crippen LogP contribution in [0, 0.1) is 0 Å². The van der Waals surface area contributed by atoms with Gasteiger partial charge in [-0.25, -0.2) is 4.79 Å². The molecule has 0 aliphatic carbocycles. The van der Waals surface area contributed by atoms with Gasteiger partial charge in [-0.05, 0) is 24.6 Å². The Morgan fingerprint density at radius 2 is 2.10 bits per heavy atom. The Bertz CT molecular complexity index is 632. The zero-order chi connectivity index (χ0) is 14.5. The van der Waals surface area contributed by atoms with Crippen molar-refractivity contribution in [1.29, 1.82) is 0 Å². The van der Waals surface area contributed by atoms with Crippen LogP contribution >= 0.6 is 11.3 Å². The zero-order valence-electron chi connectivity index (χ0n) is 11.0. The molecule has 2 rings (SSSR count). The van der Waals surface area contributed by atoms with Crippen LogP contribution in [0.25, 0.3) is 0 Å². The number of carbonyl (C=O) groups excluding carboxylic acids is 1. The Kier molecular flexibility index (Phi) is 4.54. The van der Waals surface area contributed by atoms with Crippen molar-refractivity contribution < 1.29 is 4.79 Å². The second kappa shape index (κ2) is 6.36. The number of nitrogens with two attached hydrogens (primary N) is 1. The molecule has 0 bridgehead atoms. The molecular weight excluding hydrogens is 276 g/mol. The predicted octanol–water partition coefficient (Wildman–Crippen LogP) is 1.78. The van der Waals surface area contributed by atoms with E-state index in [-0.39, 0.29) is 10.9 Å². The molecule has 1 aromatic heterocycles. The third kappa shape index (κ3) is 3.94. The standard InChI is InChI=1S/C13H16N4O2S/c1-8(15-6-11-7-20-13(19)17-11)9-2-4-10(5-3-9)16-12(14)18/h2-5,7-8,15H,6H2,1H3,(H,17,19)(H3,14,16,18). The fourth-order valence-corrected chi connectivity index (χ4v) is 2.36. The molecule has 2 aromatic rings. The van der Waals surface area contributed by atoms with Crippen LogP contribution in [0.1, 0.15) is 24.2 Å². The van der Waals surface area contributed by atoms with Gasteiger partial charge in [0.15, 0.2) is 0 Å². The van der Waals surface area contributed by atoms with Crippen molar-refractivity contribution >= 4 is 23.1 Å². The van der Waals surface area contributed by atoms with Crippen LogP contribution in [0.5, 0.6) is 0 Å². The van der Waals surface area contributed by atoms with Crippen molar-refractivity contribution in [2.75, 3.05) is 5.32 Å². The topological polar surface area (TPSA) is 100 Å². The van der Waals surface area contributed by atoms with E-state index >= 15 is 0 Å². The van der Waals surface area contributed by atoms with Crippen molar-refractivity contribution in [2.45, 2.75) is 19.5 Å². The van der Waals surface area contributed by atoms with Crippen molar-refractivity contribution in [3.05, 3.63) is 50.6 Å². The molecule has 2 amide bonds. The highest BCUT2D eigenvalue weighted by Gasteiger charge is 2.06. The maximum atomic E-state index is 11.0. The smallest absolute Gasteiger partial charge is 0.316 e.